The molecule has 0 aromatic rings. The maximum absolute atomic E-state index is 9.77. The molecule has 1 aliphatic heterocycles. The Morgan fingerprint density at radius 1 is 1.36 bits per heavy atom. The summed E-state index contributed by atoms with van der Waals surface area (Å²) in [5.74, 6) is 0. The van der Waals surface area contributed by atoms with Crippen LogP contribution in [0.1, 0.15) is 32.6 Å². The minimum absolute atomic E-state index is 0.402. The van der Waals surface area contributed by atoms with E-state index in [1.807, 2.05) is 6.92 Å². The molecular formula is C11H22N2O. The highest BCUT2D eigenvalue weighted by atomic mass is 16.3. The SMILES string of the molecule is CC1(O)CCN(CCNC2CC2)CC1. The molecule has 14 heavy (non-hydrogen) atoms. The Labute approximate surface area is 86.5 Å². The highest BCUT2D eigenvalue weighted by molar-refractivity contribution is 4.84. The fourth-order valence-corrected chi connectivity index (χ4v) is 1.97. The van der Waals surface area contributed by atoms with Crippen LogP contribution < -0.4 is 5.32 Å². The summed E-state index contributed by atoms with van der Waals surface area (Å²) in [6.07, 6.45) is 4.59. The molecule has 2 fully saturated rings. The maximum atomic E-state index is 9.77. The van der Waals surface area contributed by atoms with Gasteiger partial charge in [0.1, 0.15) is 0 Å². The van der Waals surface area contributed by atoms with Crippen molar-refractivity contribution in [2.75, 3.05) is 26.2 Å². The Morgan fingerprint density at radius 3 is 2.57 bits per heavy atom. The van der Waals surface area contributed by atoms with Gasteiger partial charge in [0.05, 0.1) is 5.60 Å². The molecule has 0 aromatic heterocycles. The second-order valence-corrected chi connectivity index (χ2v) is 5.07. The summed E-state index contributed by atoms with van der Waals surface area (Å²) in [5.41, 5.74) is -0.402. The first-order chi connectivity index (χ1) is 6.66. The Kier molecular flexibility index (Phi) is 3.10. The monoisotopic (exact) mass is 198 g/mol. The van der Waals surface area contributed by atoms with E-state index in [-0.39, 0.29) is 0 Å². The third-order valence-electron chi connectivity index (χ3n) is 3.37. The van der Waals surface area contributed by atoms with E-state index in [9.17, 15) is 5.11 Å². The molecule has 0 spiro atoms. The van der Waals surface area contributed by atoms with Crippen LogP contribution in [0.3, 0.4) is 0 Å². The van der Waals surface area contributed by atoms with Crippen LogP contribution >= 0.6 is 0 Å². The number of hydrogen-bond donors (Lipinski definition) is 2. The van der Waals surface area contributed by atoms with Crippen molar-refractivity contribution in [3.63, 3.8) is 0 Å². The average molecular weight is 198 g/mol. The van der Waals surface area contributed by atoms with Crippen molar-refractivity contribution in [2.24, 2.45) is 0 Å². The Morgan fingerprint density at radius 2 is 2.00 bits per heavy atom. The predicted molar refractivity (Wildman–Crippen MR) is 57.3 cm³/mol. The molecule has 2 aliphatic rings. The summed E-state index contributed by atoms with van der Waals surface area (Å²) in [5, 5.41) is 13.3. The second-order valence-electron chi connectivity index (χ2n) is 5.07. The lowest BCUT2D eigenvalue weighted by molar-refractivity contribution is -0.00491. The van der Waals surface area contributed by atoms with Gasteiger partial charge in [-0.15, -0.1) is 0 Å². The molecule has 1 heterocycles. The second kappa shape index (κ2) is 4.17. The largest absolute Gasteiger partial charge is 0.390 e. The lowest BCUT2D eigenvalue weighted by Crippen LogP contribution is -2.44. The van der Waals surface area contributed by atoms with Crippen LogP contribution in [0.2, 0.25) is 0 Å². The number of rotatable bonds is 4. The molecule has 82 valence electrons. The predicted octanol–water partition coefficient (Wildman–Crippen LogP) is 0.585. The van der Waals surface area contributed by atoms with Crippen LogP contribution in [0.4, 0.5) is 0 Å². The number of nitrogens with one attached hydrogen (secondary N) is 1. The Bertz CT molecular complexity index is 180. The molecule has 0 aromatic carbocycles. The Balaban J connectivity index is 1.58. The van der Waals surface area contributed by atoms with Gasteiger partial charge in [0.25, 0.3) is 0 Å². The topological polar surface area (TPSA) is 35.5 Å². The van der Waals surface area contributed by atoms with Crippen molar-refractivity contribution in [2.45, 2.75) is 44.2 Å². The quantitative estimate of drug-likeness (QED) is 0.694. The van der Waals surface area contributed by atoms with Crippen molar-refractivity contribution >= 4 is 0 Å². The zero-order valence-corrected chi connectivity index (χ0v) is 9.13. The molecule has 1 saturated heterocycles. The van der Waals surface area contributed by atoms with E-state index in [0.29, 0.717) is 0 Å². The Hall–Kier alpha value is -0.120. The van der Waals surface area contributed by atoms with Gasteiger partial charge in [-0.25, -0.2) is 0 Å². The first kappa shape index (κ1) is 10.4. The highest BCUT2D eigenvalue weighted by Crippen LogP contribution is 2.21. The van der Waals surface area contributed by atoms with E-state index in [4.69, 9.17) is 0 Å². The lowest BCUT2D eigenvalue weighted by Gasteiger charge is -2.35. The number of piperidine rings is 1. The van der Waals surface area contributed by atoms with Gasteiger partial charge in [-0.05, 0) is 32.6 Å². The minimum Gasteiger partial charge on any atom is -0.390 e. The first-order valence-corrected chi connectivity index (χ1v) is 5.84. The number of aliphatic hydroxyl groups is 1. The maximum Gasteiger partial charge on any atom is 0.0644 e. The highest BCUT2D eigenvalue weighted by Gasteiger charge is 2.27. The van der Waals surface area contributed by atoms with Crippen molar-refractivity contribution in [1.82, 2.24) is 10.2 Å². The summed E-state index contributed by atoms with van der Waals surface area (Å²) in [6, 6.07) is 0.822. The molecule has 3 heteroatoms. The molecule has 3 nitrogen and oxygen atoms in total. The van der Waals surface area contributed by atoms with Crippen LogP contribution in [-0.4, -0.2) is 47.8 Å². The molecule has 1 saturated carbocycles. The first-order valence-electron chi connectivity index (χ1n) is 5.84. The number of hydrogen-bond acceptors (Lipinski definition) is 3. The van der Waals surface area contributed by atoms with E-state index in [2.05, 4.69) is 10.2 Å². The van der Waals surface area contributed by atoms with Crippen molar-refractivity contribution in [3.05, 3.63) is 0 Å². The molecule has 0 radical (unpaired) electrons. The van der Waals surface area contributed by atoms with E-state index in [1.165, 1.54) is 12.8 Å². The molecule has 2 N–H and O–H groups in total. The molecule has 2 rings (SSSR count). The van der Waals surface area contributed by atoms with Gasteiger partial charge in [-0.1, -0.05) is 0 Å². The summed E-state index contributed by atoms with van der Waals surface area (Å²) < 4.78 is 0. The van der Waals surface area contributed by atoms with Gasteiger partial charge < -0.3 is 15.3 Å². The van der Waals surface area contributed by atoms with Crippen LogP contribution in [0.15, 0.2) is 0 Å². The molecule has 0 atom stereocenters. The van der Waals surface area contributed by atoms with Gasteiger partial charge in [0.2, 0.25) is 0 Å². The van der Waals surface area contributed by atoms with Crippen molar-refractivity contribution in [1.29, 1.82) is 0 Å². The van der Waals surface area contributed by atoms with Crippen LogP contribution in [0.25, 0.3) is 0 Å². The normalized spacial score (nSPS) is 27.9. The summed E-state index contributed by atoms with van der Waals surface area (Å²) in [7, 11) is 0. The third-order valence-corrected chi connectivity index (χ3v) is 3.37. The third kappa shape index (κ3) is 3.23. The zero-order chi connectivity index (χ0) is 10.0. The van der Waals surface area contributed by atoms with Gasteiger partial charge >= 0.3 is 0 Å². The number of nitrogens with zero attached hydrogens (tertiary/aromatic N) is 1. The van der Waals surface area contributed by atoms with Gasteiger partial charge in [-0.2, -0.15) is 0 Å². The van der Waals surface area contributed by atoms with Gasteiger partial charge in [0.15, 0.2) is 0 Å². The van der Waals surface area contributed by atoms with Crippen molar-refractivity contribution in [3.8, 4) is 0 Å². The standard InChI is InChI=1S/C11H22N2O/c1-11(14)4-7-13(8-5-11)9-6-12-10-2-3-10/h10,12,14H,2-9H2,1H3. The average Bonchev–Trinajstić information content (AvgIpc) is 2.92. The summed E-state index contributed by atoms with van der Waals surface area (Å²) in [6.45, 7) is 6.32. The van der Waals surface area contributed by atoms with Crippen LogP contribution in [0.5, 0.6) is 0 Å². The molecular weight excluding hydrogens is 176 g/mol. The lowest BCUT2D eigenvalue weighted by atomic mass is 9.94. The fourth-order valence-electron chi connectivity index (χ4n) is 1.97. The minimum atomic E-state index is -0.402. The van der Waals surface area contributed by atoms with Crippen LogP contribution in [-0.2, 0) is 0 Å². The van der Waals surface area contributed by atoms with Gasteiger partial charge in [-0.3, -0.25) is 0 Å². The smallest absolute Gasteiger partial charge is 0.0644 e. The van der Waals surface area contributed by atoms with E-state index >= 15 is 0 Å². The summed E-state index contributed by atoms with van der Waals surface area (Å²) in [4.78, 5) is 2.45. The fraction of sp³-hybridized carbons (Fsp3) is 1.00. The molecule has 0 unspecified atom stereocenters. The molecule has 1 aliphatic carbocycles. The van der Waals surface area contributed by atoms with Gasteiger partial charge in [0, 0.05) is 32.2 Å². The van der Waals surface area contributed by atoms with E-state index in [1.54, 1.807) is 0 Å². The molecule has 0 amide bonds. The summed E-state index contributed by atoms with van der Waals surface area (Å²) >= 11 is 0. The zero-order valence-electron chi connectivity index (χ0n) is 9.13. The van der Waals surface area contributed by atoms with Crippen molar-refractivity contribution < 1.29 is 5.11 Å². The van der Waals surface area contributed by atoms with Crippen LogP contribution in [0, 0.1) is 0 Å². The van der Waals surface area contributed by atoms with E-state index in [0.717, 1.165) is 45.1 Å². The number of likely N-dealkylation sites (tertiary alicyclic amines) is 1. The molecule has 0 bridgehead atoms. The van der Waals surface area contributed by atoms with E-state index < -0.39 is 5.60 Å².